The molecule has 1 aromatic heterocycles. The molecule has 1 atom stereocenters. The maximum absolute atomic E-state index is 12.4. The molecule has 0 bridgehead atoms. The number of nitrogens with two attached hydrogens (primary N) is 1. The summed E-state index contributed by atoms with van der Waals surface area (Å²) in [6.45, 7) is 5.07. The number of carbonyl (C=O) groups is 1. The van der Waals surface area contributed by atoms with E-state index in [1.807, 2.05) is 48.5 Å². The molecule has 2 aromatic carbocycles. The van der Waals surface area contributed by atoms with Gasteiger partial charge in [0, 0.05) is 49.1 Å². The van der Waals surface area contributed by atoms with E-state index in [4.69, 9.17) is 33.7 Å². The van der Waals surface area contributed by atoms with Crippen molar-refractivity contribution in [2.24, 2.45) is 0 Å². The molecular formula is C24H25Cl2N3O2S2. The van der Waals surface area contributed by atoms with E-state index in [0.717, 1.165) is 45.5 Å². The van der Waals surface area contributed by atoms with E-state index < -0.39 is 0 Å². The molecular weight excluding hydrogens is 497 g/mol. The third-order valence-corrected chi connectivity index (χ3v) is 8.37. The van der Waals surface area contributed by atoms with Gasteiger partial charge in [0.05, 0.1) is 33.5 Å². The molecule has 4 rings (SSSR count). The highest BCUT2D eigenvalue weighted by Gasteiger charge is 2.25. The topological polar surface area (TPSA) is 58.8 Å². The van der Waals surface area contributed by atoms with E-state index in [9.17, 15) is 4.79 Å². The van der Waals surface area contributed by atoms with Gasteiger partial charge in [0.2, 0.25) is 5.91 Å². The van der Waals surface area contributed by atoms with Crippen molar-refractivity contribution >= 4 is 58.1 Å². The smallest absolute Gasteiger partial charge is 0.229 e. The zero-order valence-electron chi connectivity index (χ0n) is 18.2. The molecule has 174 valence electrons. The Kier molecular flexibility index (Phi) is 8.22. The van der Waals surface area contributed by atoms with Gasteiger partial charge in [0.25, 0.3) is 0 Å². The summed E-state index contributed by atoms with van der Waals surface area (Å²) >= 11 is 15.3. The third kappa shape index (κ3) is 6.66. The van der Waals surface area contributed by atoms with Gasteiger partial charge >= 0.3 is 0 Å². The van der Waals surface area contributed by atoms with E-state index in [1.54, 1.807) is 22.6 Å². The molecule has 0 unspecified atom stereocenters. The first-order valence-corrected chi connectivity index (χ1v) is 12.9. The van der Waals surface area contributed by atoms with Gasteiger partial charge in [-0.2, -0.15) is 0 Å². The Labute approximate surface area is 212 Å². The van der Waals surface area contributed by atoms with Crippen molar-refractivity contribution in [3.8, 4) is 10.4 Å². The van der Waals surface area contributed by atoms with Crippen LogP contribution >= 0.6 is 46.5 Å². The molecule has 2 heterocycles. The van der Waals surface area contributed by atoms with E-state index in [1.165, 1.54) is 11.9 Å². The quantitative estimate of drug-likeness (QED) is 0.302. The van der Waals surface area contributed by atoms with E-state index in [2.05, 4.69) is 11.0 Å². The highest BCUT2D eigenvalue weighted by Crippen LogP contribution is 2.36. The van der Waals surface area contributed by atoms with Crippen molar-refractivity contribution in [3.63, 3.8) is 0 Å². The lowest BCUT2D eigenvalue weighted by molar-refractivity contribution is -0.126. The minimum Gasteiger partial charge on any atom is -0.399 e. The summed E-state index contributed by atoms with van der Waals surface area (Å²) in [5, 5.41) is 1.12. The van der Waals surface area contributed by atoms with Crippen LogP contribution in [0.5, 0.6) is 0 Å². The molecule has 1 saturated heterocycles. The Morgan fingerprint density at radius 1 is 1.21 bits per heavy atom. The van der Waals surface area contributed by atoms with Gasteiger partial charge in [-0.15, -0.1) is 11.3 Å². The van der Waals surface area contributed by atoms with Gasteiger partial charge in [-0.1, -0.05) is 41.4 Å². The van der Waals surface area contributed by atoms with Crippen molar-refractivity contribution in [2.45, 2.75) is 23.8 Å². The molecule has 33 heavy (non-hydrogen) atoms. The maximum Gasteiger partial charge on any atom is 0.229 e. The summed E-state index contributed by atoms with van der Waals surface area (Å²) in [6.07, 6.45) is -0.0636. The van der Waals surface area contributed by atoms with Gasteiger partial charge in [0.1, 0.15) is 0 Å². The van der Waals surface area contributed by atoms with Crippen molar-refractivity contribution in [3.05, 3.63) is 70.2 Å². The van der Waals surface area contributed by atoms with Crippen molar-refractivity contribution in [1.29, 1.82) is 0 Å². The molecule has 3 aromatic rings. The van der Waals surface area contributed by atoms with E-state index in [-0.39, 0.29) is 12.0 Å². The first kappa shape index (κ1) is 24.4. The minimum atomic E-state index is -0.0636. The Bertz CT molecular complexity index is 1120. The number of anilines is 1. The molecule has 2 N–H and O–H groups in total. The Hall–Kier alpha value is -1.74. The number of nitrogen functional groups attached to an aromatic ring is 1. The van der Waals surface area contributed by atoms with E-state index >= 15 is 0 Å². The van der Waals surface area contributed by atoms with Crippen LogP contribution in [0, 0.1) is 0 Å². The Balaban J connectivity index is 1.37. The molecule has 0 saturated carbocycles. The fourth-order valence-electron chi connectivity index (χ4n) is 3.67. The number of thiophene rings is 1. The van der Waals surface area contributed by atoms with Crippen LogP contribution < -0.4 is 5.73 Å². The number of morpholine rings is 1. The van der Waals surface area contributed by atoms with Gasteiger partial charge in [-0.25, -0.2) is 0 Å². The number of halogens is 2. The average molecular weight is 523 g/mol. The molecule has 0 spiro atoms. The summed E-state index contributed by atoms with van der Waals surface area (Å²) < 4.78 is 8.82. The highest BCUT2D eigenvalue weighted by molar-refractivity contribution is 7.99. The van der Waals surface area contributed by atoms with Crippen LogP contribution in [0.3, 0.4) is 0 Å². The van der Waals surface area contributed by atoms with Crippen molar-refractivity contribution < 1.29 is 9.53 Å². The lowest BCUT2D eigenvalue weighted by Gasteiger charge is -2.35. The number of hydrogen-bond acceptors (Lipinski definition) is 6. The van der Waals surface area contributed by atoms with Gasteiger partial charge in [-0.05, 0) is 47.5 Å². The largest absolute Gasteiger partial charge is 0.399 e. The number of benzene rings is 2. The molecule has 0 aliphatic carbocycles. The first-order chi connectivity index (χ1) is 15.9. The van der Waals surface area contributed by atoms with Crippen LogP contribution in [0.2, 0.25) is 10.0 Å². The first-order valence-electron chi connectivity index (χ1n) is 10.6. The number of hydrogen-bond donors (Lipinski definition) is 1. The predicted molar refractivity (Wildman–Crippen MR) is 139 cm³/mol. The molecule has 1 aliphatic rings. The Morgan fingerprint density at radius 3 is 2.82 bits per heavy atom. The zero-order valence-corrected chi connectivity index (χ0v) is 21.3. The maximum atomic E-state index is 12.4. The molecule has 0 radical (unpaired) electrons. The SMILES string of the molecule is CC(=O)N(C[C@@H]1CN(Cc2ccc(Cl)c(Cl)c2)CCO1)Sc1ccc(-c2cccc(N)c2)s1. The van der Waals surface area contributed by atoms with Gasteiger partial charge in [-0.3, -0.25) is 14.0 Å². The molecule has 1 fully saturated rings. The average Bonchev–Trinajstić information content (AvgIpc) is 3.25. The fraction of sp³-hybridized carbons (Fsp3) is 0.292. The summed E-state index contributed by atoms with van der Waals surface area (Å²) in [4.78, 5) is 15.8. The predicted octanol–water partition coefficient (Wildman–Crippen LogP) is 6.06. The van der Waals surface area contributed by atoms with Crippen molar-refractivity contribution in [1.82, 2.24) is 9.21 Å². The number of rotatable bonds is 7. The third-order valence-electron chi connectivity index (χ3n) is 5.29. The van der Waals surface area contributed by atoms with Crippen LogP contribution in [0.25, 0.3) is 10.4 Å². The molecule has 9 heteroatoms. The lowest BCUT2D eigenvalue weighted by atomic mass is 10.2. The standard InChI is InChI=1S/C24H25Cl2N3O2S2/c1-16(30)29(33-24-8-7-23(32-24)18-3-2-4-19(27)12-18)15-20-14-28(9-10-31-20)13-17-5-6-21(25)22(26)11-17/h2-8,11-12,20H,9-10,13-15,27H2,1H3/t20-/m0/s1. The lowest BCUT2D eigenvalue weighted by Crippen LogP contribution is -2.46. The molecule has 1 amide bonds. The van der Waals surface area contributed by atoms with Gasteiger partial charge < -0.3 is 10.5 Å². The number of amides is 1. The number of nitrogens with zero attached hydrogens (tertiary/aromatic N) is 2. The normalized spacial score (nSPS) is 16.6. The summed E-state index contributed by atoms with van der Waals surface area (Å²) in [7, 11) is 0. The molecule has 5 nitrogen and oxygen atoms in total. The summed E-state index contributed by atoms with van der Waals surface area (Å²) in [5.74, 6) is 0.00381. The Morgan fingerprint density at radius 2 is 2.06 bits per heavy atom. The minimum absolute atomic E-state index is 0.00381. The fourth-order valence-corrected chi connectivity index (χ4v) is 6.13. The molecule has 1 aliphatic heterocycles. The highest BCUT2D eigenvalue weighted by atomic mass is 35.5. The monoisotopic (exact) mass is 521 g/mol. The number of carbonyl (C=O) groups excluding carboxylic acids is 1. The number of ether oxygens (including phenoxy) is 1. The van der Waals surface area contributed by atoms with Crippen LogP contribution in [0.4, 0.5) is 5.69 Å². The van der Waals surface area contributed by atoms with Crippen LogP contribution in [-0.2, 0) is 16.1 Å². The zero-order chi connectivity index (χ0) is 23.4. The van der Waals surface area contributed by atoms with Gasteiger partial charge in [0.15, 0.2) is 0 Å². The second-order valence-electron chi connectivity index (χ2n) is 7.89. The van der Waals surface area contributed by atoms with Crippen LogP contribution in [0.15, 0.2) is 58.8 Å². The summed E-state index contributed by atoms with van der Waals surface area (Å²) in [6, 6.07) is 17.6. The van der Waals surface area contributed by atoms with E-state index in [0.29, 0.717) is 23.2 Å². The van der Waals surface area contributed by atoms with Crippen molar-refractivity contribution in [2.75, 3.05) is 32.0 Å². The van der Waals surface area contributed by atoms with Crippen LogP contribution in [-0.4, -0.2) is 47.5 Å². The van der Waals surface area contributed by atoms with Crippen LogP contribution in [0.1, 0.15) is 12.5 Å². The second kappa shape index (κ2) is 11.1. The summed E-state index contributed by atoms with van der Waals surface area (Å²) in [5.41, 5.74) is 8.84. The second-order valence-corrected chi connectivity index (χ2v) is 11.1.